The molecule has 0 saturated carbocycles. The highest BCUT2D eigenvalue weighted by atomic mass is 16.5. The highest BCUT2D eigenvalue weighted by molar-refractivity contribution is 5.64. The van der Waals surface area contributed by atoms with Crippen molar-refractivity contribution < 1.29 is 9.84 Å². The Morgan fingerprint density at radius 1 is 1.50 bits per heavy atom. The minimum atomic E-state index is 0.0707. The Labute approximate surface area is 95.4 Å². The van der Waals surface area contributed by atoms with E-state index in [1.807, 2.05) is 14.0 Å². The number of nitrogens with one attached hydrogen (secondary N) is 1. The third-order valence-electron chi connectivity index (χ3n) is 2.26. The summed E-state index contributed by atoms with van der Waals surface area (Å²) in [7, 11) is 1.86. The van der Waals surface area contributed by atoms with E-state index in [9.17, 15) is 0 Å². The van der Waals surface area contributed by atoms with Crippen LogP contribution in [-0.2, 0) is 11.8 Å². The molecule has 4 N–H and O–H groups in total. The zero-order valence-corrected chi connectivity index (χ0v) is 9.86. The second-order valence-corrected chi connectivity index (χ2v) is 3.59. The van der Waals surface area contributed by atoms with Gasteiger partial charge in [0.25, 0.3) is 0 Å². The SMILES string of the molecule is Cc1nn(C)c(NCCCOCCO)c1N. The number of nitrogens with zero attached hydrogens (tertiary/aromatic N) is 2. The Bertz CT molecular complexity index is 325. The largest absolute Gasteiger partial charge is 0.394 e. The molecule has 0 unspecified atom stereocenters. The molecule has 1 heterocycles. The van der Waals surface area contributed by atoms with Crippen LogP contribution in [0.15, 0.2) is 0 Å². The van der Waals surface area contributed by atoms with E-state index < -0.39 is 0 Å². The van der Waals surface area contributed by atoms with Crippen molar-refractivity contribution in [3.8, 4) is 0 Å². The monoisotopic (exact) mass is 228 g/mol. The number of aryl methyl sites for hydroxylation is 2. The van der Waals surface area contributed by atoms with Gasteiger partial charge in [-0.05, 0) is 13.3 Å². The molecular weight excluding hydrogens is 208 g/mol. The van der Waals surface area contributed by atoms with Crippen molar-refractivity contribution in [2.24, 2.45) is 7.05 Å². The Morgan fingerprint density at radius 2 is 2.25 bits per heavy atom. The third-order valence-corrected chi connectivity index (χ3v) is 2.26. The summed E-state index contributed by atoms with van der Waals surface area (Å²) in [4.78, 5) is 0. The van der Waals surface area contributed by atoms with Crippen LogP contribution in [-0.4, -0.2) is 41.3 Å². The average Bonchev–Trinajstić information content (AvgIpc) is 2.49. The van der Waals surface area contributed by atoms with Gasteiger partial charge in [-0.15, -0.1) is 0 Å². The van der Waals surface area contributed by atoms with E-state index in [1.54, 1.807) is 4.68 Å². The topological polar surface area (TPSA) is 85.3 Å². The van der Waals surface area contributed by atoms with Crippen LogP contribution in [0.5, 0.6) is 0 Å². The fraction of sp³-hybridized carbons (Fsp3) is 0.700. The normalized spacial score (nSPS) is 10.7. The quantitative estimate of drug-likeness (QED) is 0.577. The molecule has 0 aliphatic rings. The van der Waals surface area contributed by atoms with E-state index in [2.05, 4.69) is 10.4 Å². The van der Waals surface area contributed by atoms with Crippen molar-refractivity contribution in [3.63, 3.8) is 0 Å². The zero-order chi connectivity index (χ0) is 12.0. The molecule has 0 aliphatic heterocycles. The highest BCUT2D eigenvalue weighted by Gasteiger charge is 2.08. The van der Waals surface area contributed by atoms with E-state index >= 15 is 0 Å². The minimum absolute atomic E-state index is 0.0707. The fourth-order valence-corrected chi connectivity index (χ4v) is 1.43. The van der Waals surface area contributed by atoms with E-state index in [-0.39, 0.29) is 6.61 Å². The molecule has 0 atom stereocenters. The predicted molar refractivity (Wildman–Crippen MR) is 63.4 cm³/mol. The van der Waals surface area contributed by atoms with Crippen molar-refractivity contribution in [1.29, 1.82) is 0 Å². The maximum absolute atomic E-state index is 8.51. The summed E-state index contributed by atoms with van der Waals surface area (Å²) in [6.07, 6.45) is 0.865. The summed E-state index contributed by atoms with van der Waals surface area (Å²) in [5, 5.41) is 15.9. The maximum Gasteiger partial charge on any atom is 0.147 e. The van der Waals surface area contributed by atoms with E-state index in [4.69, 9.17) is 15.6 Å². The number of nitrogen functional groups attached to an aromatic ring is 1. The molecule has 1 rings (SSSR count). The highest BCUT2D eigenvalue weighted by Crippen LogP contribution is 2.20. The van der Waals surface area contributed by atoms with Crippen LogP contribution in [0.1, 0.15) is 12.1 Å². The smallest absolute Gasteiger partial charge is 0.147 e. The van der Waals surface area contributed by atoms with E-state index in [1.165, 1.54) is 0 Å². The van der Waals surface area contributed by atoms with Crippen molar-refractivity contribution in [2.45, 2.75) is 13.3 Å². The Hall–Kier alpha value is -1.27. The number of ether oxygens (including phenoxy) is 1. The van der Waals surface area contributed by atoms with Gasteiger partial charge in [-0.3, -0.25) is 4.68 Å². The van der Waals surface area contributed by atoms with Gasteiger partial charge in [0.1, 0.15) is 5.82 Å². The first-order valence-corrected chi connectivity index (χ1v) is 5.38. The van der Waals surface area contributed by atoms with Crippen LogP contribution in [0.2, 0.25) is 0 Å². The molecular formula is C10H20N4O2. The fourth-order valence-electron chi connectivity index (χ4n) is 1.43. The first-order chi connectivity index (χ1) is 7.66. The average molecular weight is 228 g/mol. The lowest BCUT2D eigenvalue weighted by Crippen LogP contribution is -2.11. The molecule has 0 fully saturated rings. The third kappa shape index (κ3) is 3.39. The van der Waals surface area contributed by atoms with Crippen molar-refractivity contribution in [3.05, 3.63) is 5.69 Å². The number of hydrogen-bond acceptors (Lipinski definition) is 5. The molecule has 0 radical (unpaired) electrons. The number of aliphatic hydroxyl groups is 1. The number of rotatable bonds is 7. The number of aliphatic hydroxyl groups excluding tert-OH is 1. The van der Waals surface area contributed by atoms with Gasteiger partial charge in [0.2, 0.25) is 0 Å². The lowest BCUT2D eigenvalue weighted by Gasteiger charge is -2.07. The van der Waals surface area contributed by atoms with Gasteiger partial charge < -0.3 is 20.9 Å². The maximum atomic E-state index is 8.51. The standard InChI is InChI=1S/C10H20N4O2/c1-8-9(11)10(14(2)13-8)12-4-3-6-16-7-5-15/h12,15H,3-7,11H2,1-2H3. The van der Waals surface area contributed by atoms with Crippen LogP contribution in [0.3, 0.4) is 0 Å². The molecule has 0 aliphatic carbocycles. The van der Waals surface area contributed by atoms with Crippen LogP contribution in [0.4, 0.5) is 11.5 Å². The Balaban J connectivity index is 2.26. The first-order valence-electron chi connectivity index (χ1n) is 5.38. The molecule has 0 spiro atoms. The van der Waals surface area contributed by atoms with Crippen molar-refractivity contribution in [1.82, 2.24) is 9.78 Å². The van der Waals surface area contributed by atoms with Crippen LogP contribution in [0, 0.1) is 6.92 Å². The molecule has 0 aromatic carbocycles. The van der Waals surface area contributed by atoms with Crippen LogP contribution < -0.4 is 11.1 Å². The van der Waals surface area contributed by atoms with Gasteiger partial charge in [0.05, 0.1) is 24.6 Å². The van der Waals surface area contributed by atoms with Gasteiger partial charge in [0.15, 0.2) is 0 Å². The summed E-state index contributed by atoms with van der Waals surface area (Å²) < 4.78 is 6.88. The van der Waals surface area contributed by atoms with Gasteiger partial charge in [0, 0.05) is 20.2 Å². The summed E-state index contributed by atoms with van der Waals surface area (Å²) in [6, 6.07) is 0. The van der Waals surface area contributed by atoms with Gasteiger partial charge in [-0.1, -0.05) is 0 Å². The lowest BCUT2D eigenvalue weighted by atomic mass is 10.3. The van der Waals surface area contributed by atoms with Gasteiger partial charge in [-0.25, -0.2) is 0 Å². The lowest BCUT2D eigenvalue weighted by molar-refractivity contribution is 0.0922. The molecule has 16 heavy (non-hydrogen) atoms. The molecule has 0 amide bonds. The van der Waals surface area contributed by atoms with Crippen molar-refractivity contribution >= 4 is 11.5 Å². The van der Waals surface area contributed by atoms with E-state index in [0.29, 0.717) is 18.9 Å². The van der Waals surface area contributed by atoms with Crippen LogP contribution in [0.25, 0.3) is 0 Å². The summed E-state index contributed by atoms with van der Waals surface area (Å²) in [5.41, 5.74) is 7.38. The number of anilines is 2. The van der Waals surface area contributed by atoms with Crippen molar-refractivity contribution in [2.75, 3.05) is 37.4 Å². The number of nitrogens with two attached hydrogens (primary N) is 1. The second-order valence-electron chi connectivity index (χ2n) is 3.59. The Kier molecular flexibility index (Phi) is 5.07. The molecule has 1 aromatic heterocycles. The molecule has 0 saturated heterocycles. The molecule has 6 nitrogen and oxygen atoms in total. The number of hydrogen-bond donors (Lipinski definition) is 3. The van der Waals surface area contributed by atoms with E-state index in [0.717, 1.165) is 24.5 Å². The molecule has 1 aromatic rings. The van der Waals surface area contributed by atoms with Crippen LogP contribution >= 0.6 is 0 Å². The molecule has 92 valence electrons. The first kappa shape index (κ1) is 12.8. The zero-order valence-electron chi connectivity index (χ0n) is 9.86. The summed E-state index contributed by atoms with van der Waals surface area (Å²) >= 11 is 0. The Morgan fingerprint density at radius 3 is 2.81 bits per heavy atom. The molecule has 0 bridgehead atoms. The summed E-state index contributed by atoms with van der Waals surface area (Å²) in [5.74, 6) is 0.847. The second kappa shape index (κ2) is 6.34. The number of aromatic nitrogens is 2. The van der Waals surface area contributed by atoms with Gasteiger partial charge >= 0.3 is 0 Å². The molecule has 6 heteroatoms. The van der Waals surface area contributed by atoms with Gasteiger partial charge in [-0.2, -0.15) is 5.10 Å². The minimum Gasteiger partial charge on any atom is -0.394 e. The summed E-state index contributed by atoms with van der Waals surface area (Å²) in [6.45, 7) is 3.75. The predicted octanol–water partition coefficient (Wildman–Crippen LogP) is 0.122.